The molecule has 0 unspecified atom stereocenters. The monoisotopic (exact) mass is 213 g/mol. The number of fused-ring (bicyclic) bond motifs is 1. The van der Waals surface area contributed by atoms with E-state index >= 15 is 0 Å². The molecule has 0 aliphatic heterocycles. The Labute approximate surface area is 91.7 Å². The summed E-state index contributed by atoms with van der Waals surface area (Å²) in [6.07, 6.45) is 1.68. The van der Waals surface area contributed by atoms with Gasteiger partial charge in [-0.2, -0.15) is 5.10 Å². The predicted octanol–water partition coefficient (Wildman–Crippen LogP) is 1.84. The maximum Gasteiger partial charge on any atom is 0.153 e. The van der Waals surface area contributed by atoms with E-state index in [4.69, 9.17) is 5.73 Å². The molecular weight excluding hydrogens is 202 g/mol. The van der Waals surface area contributed by atoms with Gasteiger partial charge in [0.25, 0.3) is 0 Å². The number of H-pyrrole nitrogens is 2. The second kappa shape index (κ2) is 3.10. The van der Waals surface area contributed by atoms with Crippen molar-refractivity contribution in [3.05, 3.63) is 30.2 Å². The number of nitrogens with zero attached hydrogens (tertiary/aromatic N) is 2. The fourth-order valence-electron chi connectivity index (χ4n) is 1.90. The lowest BCUT2D eigenvalue weighted by Crippen LogP contribution is -1.88. The molecule has 0 radical (unpaired) electrons. The highest BCUT2D eigenvalue weighted by Gasteiger charge is 2.10. The van der Waals surface area contributed by atoms with Crippen LogP contribution in [0.2, 0.25) is 0 Å². The van der Waals surface area contributed by atoms with E-state index in [-0.39, 0.29) is 0 Å². The number of aromatic nitrogens is 4. The highest BCUT2D eigenvalue weighted by atomic mass is 15.2. The van der Waals surface area contributed by atoms with Crippen LogP contribution in [-0.2, 0) is 0 Å². The number of hydrogen-bond acceptors (Lipinski definition) is 3. The van der Waals surface area contributed by atoms with Crippen molar-refractivity contribution in [3.63, 3.8) is 0 Å². The van der Waals surface area contributed by atoms with E-state index in [0.29, 0.717) is 5.82 Å². The molecule has 3 aromatic rings. The highest BCUT2D eigenvalue weighted by molar-refractivity contribution is 5.85. The SMILES string of the molecule is Cc1[nH]nc(N)c1-c1ccc2nc[nH]c2c1. The first-order valence-electron chi connectivity index (χ1n) is 4.99. The molecular formula is C11H11N5. The molecule has 0 aliphatic rings. The Morgan fingerprint density at radius 1 is 1.31 bits per heavy atom. The molecule has 0 atom stereocenters. The summed E-state index contributed by atoms with van der Waals surface area (Å²) in [5, 5.41) is 6.86. The molecule has 2 heterocycles. The van der Waals surface area contributed by atoms with Crippen LogP contribution in [0.25, 0.3) is 22.2 Å². The highest BCUT2D eigenvalue weighted by Crippen LogP contribution is 2.28. The van der Waals surface area contributed by atoms with E-state index in [0.717, 1.165) is 27.9 Å². The van der Waals surface area contributed by atoms with Crippen LogP contribution in [0.5, 0.6) is 0 Å². The van der Waals surface area contributed by atoms with Crippen LogP contribution < -0.4 is 5.73 Å². The van der Waals surface area contributed by atoms with Crippen LogP contribution >= 0.6 is 0 Å². The van der Waals surface area contributed by atoms with Crippen molar-refractivity contribution in [2.75, 3.05) is 5.73 Å². The van der Waals surface area contributed by atoms with Crippen LogP contribution in [-0.4, -0.2) is 20.2 Å². The number of imidazole rings is 1. The van der Waals surface area contributed by atoms with Gasteiger partial charge in [-0.05, 0) is 24.6 Å². The summed E-state index contributed by atoms with van der Waals surface area (Å²) in [5.41, 5.74) is 10.7. The summed E-state index contributed by atoms with van der Waals surface area (Å²) in [5.74, 6) is 0.524. The number of anilines is 1. The predicted molar refractivity (Wildman–Crippen MR) is 62.8 cm³/mol. The third-order valence-electron chi connectivity index (χ3n) is 2.68. The van der Waals surface area contributed by atoms with Crippen molar-refractivity contribution >= 4 is 16.9 Å². The number of rotatable bonds is 1. The van der Waals surface area contributed by atoms with Crippen molar-refractivity contribution in [1.29, 1.82) is 0 Å². The Balaban J connectivity index is 2.25. The zero-order valence-electron chi connectivity index (χ0n) is 8.78. The van der Waals surface area contributed by atoms with E-state index in [9.17, 15) is 0 Å². The van der Waals surface area contributed by atoms with Gasteiger partial charge in [0.1, 0.15) is 0 Å². The number of hydrogen-bond donors (Lipinski definition) is 3. The van der Waals surface area contributed by atoms with Crippen LogP contribution in [0, 0.1) is 6.92 Å². The minimum atomic E-state index is 0.524. The molecule has 2 aromatic heterocycles. The smallest absolute Gasteiger partial charge is 0.153 e. The standard InChI is InChI=1S/C11H11N5/c1-6-10(11(12)16-15-6)7-2-3-8-9(4-7)14-5-13-8/h2-5H,1H3,(H,13,14)(H3,12,15,16). The van der Waals surface area contributed by atoms with Crippen LogP contribution in [0.3, 0.4) is 0 Å². The number of aryl methyl sites for hydroxylation is 1. The van der Waals surface area contributed by atoms with E-state index < -0.39 is 0 Å². The first-order valence-corrected chi connectivity index (χ1v) is 4.99. The minimum Gasteiger partial charge on any atom is -0.382 e. The number of benzene rings is 1. The molecule has 0 saturated heterocycles. The number of aromatic amines is 2. The summed E-state index contributed by atoms with van der Waals surface area (Å²) < 4.78 is 0. The Morgan fingerprint density at radius 3 is 2.94 bits per heavy atom. The lowest BCUT2D eigenvalue weighted by atomic mass is 10.1. The number of nitrogen functional groups attached to an aromatic ring is 1. The van der Waals surface area contributed by atoms with Gasteiger partial charge in [0.05, 0.1) is 17.4 Å². The third kappa shape index (κ3) is 1.18. The molecule has 0 bridgehead atoms. The summed E-state index contributed by atoms with van der Waals surface area (Å²) in [4.78, 5) is 7.25. The van der Waals surface area contributed by atoms with E-state index in [1.165, 1.54) is 0 Å². The molecule has 3 rings (SSSR count). The summed E-state index contributed by atoms with van der Waals surface area (Å²) in [6, 6.07) is 5.99. The molecule has 1 aromatic carbocycles. The second-order valence-electron chi connectivity index (χ2n) is 3.74. The molecule has 0 saturated carbocycles. The van der Waals surface area contributed by atoms with E-state index in [2.05, 4.69) is 20.2 Å². The third-order valence-corrected chi connectivity index (χ3v) is 2.68. The number of nitrogens with one attached hydrogen (secondary N) is 2. The fraction of sp³-hybridized carbons (Fsp3) is 0.0909. The van der Waals surface area contributed by atoms with Gasteiger partial charge in [0, 0.05) is 11.3 Å². The lowest BCUT2D eigenvalue weighted by Gasteiger charge is -2.00. The van der Waals surface area contributed by atoms with Crippen LogP contribution in [0.15, 0.2) is 24.5 Å². The quantitative estimate of drug-likeness (QED) is 0.576. The Hall–Kier alpha value is -2.30. The molecule has 0 spiro atoms. The van der Waals surface area contributed by atoms with Crippen LogP contribution in [0.1, 0.15) is 5.69 Å². The maximum absolute atomic E-state index is 5.82. The molecule has 4 N–H and O–H groups in total. The summed E-state index contributed by atoms with van der Waals surface area (Å²) in [7, 11) is 0. The van der Waals surface area contributed by atoms with Gasteiger partial charge < -0.3 is 10.7 Å². The zero-order valence-corrected chi connectivity index (χ0v) is 8.78. The van der Waals surface area contributed by atoms with Gasteiger partial charge in [-0.1, -0.05) is 6.07 Å². The Kier molecular flexibility index (Phi) is 1.73. The molecule has 5 heteroatoms. The first-order chi connectivity index (χ1) is 7.75. The molecule has 0 aliphatic carbocycles. The molecule has 80 valence electrons. The maximum atomic E-state index is 5.82. The topological polar surface area (TPSA) is 83.4 Å². The fourth-order valence-corrected chi connectivity index (χ4v) is 1.90. The van der Waals surface area contributed by atoms with Gasteiger partial charge in [-0.15, -0.1) is 0 Å². The van der Waals surface area contributed by atoms with Gasteiger partial charge in [-0.3, -0.25) is 5.10 Å². The van der Waals surface area contributed by atoms with Gasteiger partial charge in [-0.25, -0.2) is 4.98 Å². The van der Waals surface area contributed by atoms with Crippen molar-refractivity contribution in [2.24, 2.45) is 0 Å². The van der Waals surface area contributed by atoms with E-state index in [1.54, 1.807) is 6.33 Å². The second-order valence-corrected chi connectivity index (χ2v) is 3.74. The van der Waals surface area contributed by atoms with Crippen molar-refractivity contribution in [1.82, 2.24) is 20.2 Å². The number of nitrogens with two attached hydrogens (primary N) is 1. The van der Waals surface area contributed by atoms with Gasteiger partial charge >= 0.3 is 0 Å². The zero-order chi connectivity index (χ0) is 11.1. The average Bonchev–Trinajstić information content (AvgIpc) is 2.85. The van der Waals surface area contributed by atoms with E-state index in [1.807, 2.05) is 25.1 Å². The Bertz CT molecular complexity index is 630. The molecule has 0 fully saturated rings. The molecule has 16 heavy (non-hydrogen) atoms. The van der Waals surface area contributed by atoms with Crippen LogP contribution in [0.4, 0.5) is 5.82 Å². The van der Waals surface area contributed by atoms with Crippen molar-refractivity contribution in [2.45, 2.75) is 6.92 Å². The normalized spacial score (nSPS) is 11.1. The molecule has 0 amide bonds. The first kappa shape index (κ1) is 8.96. The van der Waals surface area contributed by atoms with Crippen molar-refractivity contribution in [3.8, 4) is 11.1 Å². The van der Waals surface area contributed by atoms with Gasteiger partial charge in [0.2, 0.25) is 0 Å². The lowest BCUT2D eigenvalue weighted by molar-refractivity contribution is 1.05. The summed E-state index contributed by atoms with van der Waals surface area (Å²) in [6.45, 7) is 1.95. The van der Waals surface area contributed by atoms with Crippen molar-refractivity contribution < 1.29 is 0 Å². The van der Waals surface area contributed by atoms with Gasteiger partial charge in [0.15, 0.2) is 5.82 Å². The average molecular weight is 213 g/mol. The summed E-state index contributed by atoms with van der Waals surface area (Å²) >= 11 is 0. The molecule has 5 nitrogen and oxygen atoms in total. The minimum absolute atomic E-state index is 0.524. The largest absolute Gasteiger partial charge is 0.382 e. The Morgan fingerprint density at radius 2 is 2.19 bits per heavy atom.